The van der Waals surface area contributed by atoms with Gasteiger partial charge in [0, 0.05) is 23.2 Å². The maximum absolute atomic E-state index is 11.6. The topological polar surface area (TPSA) is 29.1 Å². The van der Waals surface area contributed by atoms with Gasteiger partial charge in [-0.3, -0.25) is 4.79 Å². The number of carbonyl (C=O) groups is 1. The molecule has 116 valence electrons. The first-order valence-corrected chi connectivity index (χ1v) is 7.79. The summed E-state index contributed by atoms with van der Waals surface area (Å²) in [6.07, 6.45) is 15.5. The van der Waals surface area contributed by atoms with Crippen molar-refractivity contribution in [1.82, 2.24) is 5.32 Å². The quantitative estimate of drug-likeness (QED) is 0.267. The smallest absolute Gasteiger partial charge is 0.244 e. The highest BCUT2D eigenvalue weighted by molar-refractivity contribution is 6.25. The second kappa shape index (κ2) is 13.7. The molecule has 1 N–H and O–H groups in total. The number of allylic oxidation sites excluding steroid dienone is 6. The first kappa shape index (κ1) is 19.8. The molecule has 0 heterocycles. The van der Waals surface area contributed by atoms with Crippen LogP contribution < -0.4 is 5.32 Å². The summed E-state index contributed by atoms with van der Waals surface area (Å²) in [6, 6.07) is 0.00698. The average Bonchev–Trinajstić information content (AvgIpc) is 2.46. The molecule has 0 radical (unpaired) electrons. The van der Waals surface area contributed by atoms with Crippen LogP contribution in [0.4, 0.5) is 0 Å². The van der Waals surface area contributed by atoms with Gasteiger partial charge in [0.1, 0.15) is 0 Å². The zero-order valence-electron chi connectivity index (χ0n) is 12.6. The normalized spacial score (nSPS) is 14.8. The molecule has 21 heavy (non-hydrogen) atoms. The van der Waals surface area contributed by atoms with Crippen molar-refractivity contribution in [3.8, 4) is 0 Å². The third-order valence-electron chi connectivity index (χ3n) is 2.50. The molecule has 4 heteroatoms. The van der Waals surface area contributed by atoms with Gasteiger partial charge in [-0.05, 0) is 33.1 Å². The van der Waals surface area contributed by atoms with Crippen molar-refractivity contribution in [2.24, 2.45) is 0 Å². The maximum Gasteiger partial charge on any atom is 0.244 e. The van der Waals surface area contributed by atoms with Gasteiger partial charge in [0.2, 0.25) is 5.91 Å². The second-order valence-corrected chi connectivity index (χ2v) is 5.08. The lowest BCUT2D eigenvalue weighted by Gasteiger charge is -2.06. The number of hydrogen-bond acceptors (Lipinski definition) is 1. The fourth-order valence-corrected chi connectivity index (χ4v) is 1.61. The van der Waals surface area contributed by atoms with Gasteiger partial charge < -0.3 is 5.32 Å². The summed E-state index contributed by atoms with van der Waals surface area (Å²) < 4.78 is 0. The zero-order chi connectivity index (χ0) is 15.9. The minimum Gasteiger partial charge on any atom is -0.347 e. The number of rotatable bonds is 9. The minimum atomic E-state index is -0.109. The molecule has 0 unspecified atom stereocenters. The first-order chi connectivity index (χ1) is 10.1. The Labute approximate surface area is 137 Å². The van der Waals surface area contributed by atoms with Gasteiger partial charge in [0.25, 0.3) is 0 Å². The van der Waals surface area contributed by atoms with E-state index in [9.17, 15) is 4.79 Å². The highest BCUT2D eigenvalue weighted by atomic mass is 35.5. The van der Waals surface area contributed by atoms with Gasteiger partial charge in [0.05, 0.1) is 0 Å². The van der Waals surface area contributed by atoms with E-state index in [-0.39, 0.29) is 11.9 Å². The van der Waals surface area contributed by atoms with Crippen molar-refractivity contribution in [3.05, 3.63) is 59.2 Å². The van der Waals surface area contributed by atoms with Gasteiger partial charge in [-0.1, -0.05) is 65.2 Å². The SMILES string of the molecule is C/C(=C\Cl)C/C=C/C=C/C(=O)N[C@@H](C)/C=C\CC/C=C/Cl. The number of halogens is 2. The summed E-state index contributed by atoms with van der Waals surface area (Å²) in [4.78, 5) is 11.6. The molecule has 0 saturated carbocycles. The molecule has 0 rings (SSSR count). The molecule has 0 aliphatic carbocycles. The van der Waals surface area contributed by atoms with Crippen molar-refractivity contribution in [3.63, 3.8) is 0 Å². The summed E-state index contributed by atoms with van der Waals surface area (Å²) in [7, 11) is 0. The number of amides is 1. The van der Waals surface area contributed by atoms with Gasteiger partial charge in [0.15, 0.2) is 0 Å². The molecule has 1 amide bonds. The second-order valence-electron chi connectivity index (χ2n) is 4.61. The van der Waals surface area contributed by atoms with E-state index in [1.54, 1.807) is 11.6 Å². The van der Waals surface area contributed by atoms with E-state index in [0.717, 1.165) is 24.8 Å². The van der Waals surface area contributed by atoms with Crippen LogP contribution in [0.2, 0.25) is 0 Å². The highest BCUT2D eigenvalue weighted by Gasteiger charge is 1.98. The van der Waals surface area contributed by atoms with Crippen LogP contribution in [0.25, 0.3) is 0 Å². The van der Waals surface area contributed by atoms with E-state index in [0.29, 0.717) is 0 Å². The Morgan fingerprint density at radius 2 is 1.86 bits per heavy atom. The van der Waals surface area contributed by atoms with Crippen LogP contribution in [-0.2, 0) is 4.79 Å². The van der Waals surface area contributed by atoms with Crippen molar-refractivity contribution >= 4 is 29.1 Å². The van der Waals surface area contributed by atoms with Crippen molar-refractivity contribution in [2.45, 2.75) is 39.2 Å². The summed E-state index contributed by atoms with van der Waals surface area (Å²) in [5.41, 5.74) is 4.15. The Bertz CT molecular complexity index is 434. The van der Waals surface area contributed by atoms with Crippen LogP contribution in [0.3, 0.4) is 0 Å². The molecule has 0 fully saturated rings. The van der Waals surface area contributed by atoms with Crippen LogP contribution in [0.5, 0.6) is 0 Å². The summed E-state index contributed by atoms with van der Waals surface area (Å²) in [5.74, 6) is -0.109. The lowest BCUT2D eigenvalue weighted by Crippen LogP contribution is -2.29. The number of hydrogen-bond donors (Lipinski definition) is 1. The van der Waals surface area contributed by atoms with E-state index in [2.05, 4.69) is 5.32 Å². The zero-order valence-corrected chi connectivity index (χ0v) is 14.1. The van der Waals surface area contributed by atoms with Crippen LogP contribution >= 0.6 is 23.2 Å². The predicted molar refractivity (Wildman–Crippen MR) is 93.5 cm³/mol. The maximum atomic E-state index is 11.6. The van der Waals surface area contributed by atoms with Crippen molar-refractivity contribution in [1.29, 1.82) is 0 Å². The molecule has 0 aromatic heterocycles. The van der Waals surface area contributed by atoms with E-state index in [4.69, 9.17) is 23.2 Å². The largest absolute Gasteiger partial charge is 0.347 e. The average molecular weight is 328 g/mol. The number of unbranched alkanes of at least 4 members (excludes halogenated alkanes) is 1. The molecule has 0 aliphatic rings. The van der Waals surface area contributed by atoms with E-state index in [1.807, 2.05) is 44.2 Å². The Kier molecular flexibility index (Phi) is 12.9. The fourth-order valence-electron chi connectivity index (χ4n) is 1.40. The highest BCUT2D eigenvalue weighted by Crippen LogP contribution is 2.02. The van der Waals surface area contributed by atoms with Gasteiger partial charge in [-0.2, -0.15) is 0 Å². The summed E-state index contributed by atoms with van der Waals surface area (Å²) >= 11 is 11.0. The Morgan fingerprint density at radius 3 is 2.52 bits per heavy atom. The molecule has 0 spiro atoms. The van der Waals surface area contributed by atoms with Crippen LogP contribution in [-0.4, -0.2) is 11.9 Å². The molecular formula is C17H23Cl2NO. The van der Waals surface area contributed by atoms with Crippen LogP contribution in [0.1, 0.15) is 33.1 Å². The fraction of sp³-hybridized carbons (Fsp3) is 0.353. The molecule has 2 nitrogen and oxygen atoms in total. The Hall–Kier alpha value is -1.25. The predicted octanol–water partition coefficient (Wildman–Crippen LogP) is 5.23. The van der Waals surface area contributed by atoms with Crippen molar-refractivity contribution < 1.29 is 4.79 Å². The Balaban J connectivity index is 3.96. The molecule has 0 bridgehead atoms. The Morgan fingerprint density at radius 1 is 1.14 bits per heavy atom. The molecule has 0 aromatic carbocycles. The molecule has 0 aliphatic heterocycles. The lowest BCUT2D eigenvalue weighted by atomic mass is 10.2. The number of nitrogens with one attached hydrogen (secondary N) is 1. The monoisotopic (exact) mass is 327 g/mol. The summed E-state index contributed by atoms with van der Waals surface area (Å²) in [6.45, 7) is 3.88. The third-order valence-corrected chi connectivity index (χ3v) is 3.06. The van der Waals surface area contributed by atoms with E-state index < -0.39 is 0 Å². The van der Waals surface area contributed by atoms with Gasteiger partial charge in [-0.25, -0.2) is 0 Å². The van der Waals surface area contributed by atoms with Crippen molar-refractivity contribution in [2.75, 3.05) is 0 Å². The van der Waals surface area contributed by atoms with Crippen LogP contribution in [0, 0.1) is 0 Å². The molecule has 0 saturated heterocycles. The van der Waals surface area contributed by atoms with E-state index in [1.165, 1.54) is 11.6 Å². The van der Waals surface area contributed by atoms with Crippen LogP contribution in [0.15, 0.2) is 59.2 Å². The lowest BCUT2D eigenvalue weighted by molar-refractivity contribution is -0.116. The first-order valence-electron chi connectivity index (χ1n) is 6.91. The molecular weight excluding hydrogens is 305 g/mol. The molecule has 0 aromatic rings. The molecule has 1 atom stereocenters. The van der Waals surface area contributed by atoms with E-state index >= 15 is 0 Å². The number of carbonyl (C=O) groups excluding carboxylic acids is 1. The third kappa shape index (κ3) is 13.5. The van der Waals surface area contributed by atoms with Gasteiger partial charge in [-0.15, -0.1) is 0 Å². The minimum absolute atomic E-state index is 0.00698. The van der Waals surface area contributed by atoms with Gasteiger partial charge >= 0.3 is 0 Å². The standard InChI is InChI=1S/C17H23Cl2NO/c1-15(14-19)10-6-5-8-12-17(21)20-16(2)11-7-3-4-9-13-18/h5-9,11-14,16H,3-4,10H2,1-2H3,(H,20,21)/b6-5+,11-7-,12-8+,13-9+,15-14+/t16-/m0/s1. The summed E-state index contributed by atoms with van der Waals surface area (Å²) in [5, 5.41) is 2.86.